The minimum atomic E-state index is -0.396. The number of nitro groups is 1. The van der Waals surface area contributed by atoms with E-state index in [0.717, 1.165) is 25.9 Å². The van der Waals surface area contributed by atoms with Crippen LogP contribution in [0.1, 0.15) is 24.4 Å². The maximum Gasteiger partial charge on any atom is 0.274 e. The lowest BCUT2D eigenvalue weighted by molar-refractivity contribution is -0.385. The quantitative estimate of drug-likeness (QED) is 0.651. The zero-order valence-corrected chi connectivity index (χ0v) is 10.7. The first kappa shape index (κ1) is 13.3. The van der Waals surface area contributed by atoms with Crippen LogP contribution >= 0.6 is 11.6 Å². The number of benzene rings is 1. The summed E-state index contributed by atoms with van der Waals surface area (Å²) in [4.78, 5) is 10.6. The minimum Gasteiger partial charge on any atom is -0.323 e. The van der Waals surface area contributed by atoms with Crippen LogP contribution in [0.2, 0.25) is 5.02 Å². The van der Waals surface area contributed by atoms with Gasteiger partial charge in [0.05, 0.1) is 4.92 Å². The van der Waals surface area contributed by atoms with Gasteiger partial charge in [-0.2, -0.15) is 0 Å². The molecule has 1 aliphatic heterocycles. The van der Waals surface area contributed by atoms with E-state index in [9.17, 15) is 10.1 Å². The summed E-state index contributed by atoms with van der Waals surface area (Å²) in [5, 5.41) is 14.8. The standard InChI is InChI=1S/C12H16ClN3O2/c13-9-1-2-11(16(17)18)10(7-9)12(14)8-3-5-15-6-4-8/h1-2,7-8,12,15H,3-6,14H2/t12-/m1/s1. The van der Waals surface area contributed by atoms with Gasteiger partial charge < -0.3 is 11.1 Å². The van der Waals surface area contributed by atoms with E-state index < -0.39 is 4.92 Å². The van der Waals surface area contributed by atoms with Gasteiger partial charge in [0.2, 0.25) is 0 Å². The van der Waals surface area contributed by atoms with Crippen LogP contribution < -0.4 is 11.1 Å². The molecule has 1 atom stereocenters. The molecule has 0 amide bonds. The van der Waals surface area contributed by atoms with Crippen molar-refractivity contribution in [1.29, 1.82) is 0 Å². The number of nitrogens with two attached hydrogens (primary N) is 1. The SMILES string of the molecule is N[C@@H](c1cc(Cl)ccc1[N+](=O)[O-])C1CCNCC1. The van der Waals surface area contributed by atoms with Gasteiger partial charge in [-0.3, -0.25) is 10.1 Å². The van der Waals surface area contributed by atoms with Crippen LogP contribution in [0.15, 0.2) is 18.2 Å². The summed E-state index contributed by atoms with van der Waals surface area (Å²) in [6.45, 7) is 1.82. The highest BCUT2D eigenvalue weighted by Crippen LogP contribution is 2.34. The lowest BCUT2D eigenvalue weighted by Gasteiger charge is -2.28. The summed E-state index contributed by atoms with van der Waals surface area (Å²) in [6.07, 6.45) is 1.87. The Balaban J connectivity index is 2.30. The molecule has 2 rings (SSSR count). The second-order valence-electron chi connectivity index (χ2n) is 4.57. The predicted molar refractivity (Wildman–Crippen MR) is 70.6 cm³/mol. The molecule has 1 aliphatic rings. The van der Waals surface area contributed by atoms with Gasteiger partial charge in [0.15, 0.2) is 0 Å². The molecule has 0 radical (unpaired) electrons. The Hall–Kier alpha value is -1.17. The Morgan fingerprint density at radius 2 is 2.11 bits per heavy atom. The molecule has 1 aromatic carbocycles. The van der Waals surface area contributed by atoms with Gasteiger partial charge in [0.25, 0.3) is 5.69 Å². The lowest BCUT2D eigenvalue weighted by Crippen LogP contribution is -2.34. The highest BCUT2D eigenvalue weighted by Gasteiger charge is 2.27. The molecular weight excluding hydrogens is 254 g/mol. The van der Waals surface area contributed by atoms with Crippen LogP contribution in [-0.2, 0) is 0 Å². The first-order chi connectivity index (χ1) is 8.59. The third kappa shape index (κ3) is 2.80. The first-order valence-electron chi connectivity index (χ1n) is 5.99. The molecule has 5 nitrogen and oxygen atoms in total. The molecule has 1 saturated heterocycles. The van der Waals surface area contributed by atoms with Crippen molar-refractivity contribution in [2.45, 2.75) is 18.9 Å². The zero-order chi connectivity index (χ0) is 13.1. The molecule has 18 heavy (non-hydrogen) atoms. The van der Waals surface area contributed by atoms with Crippen LogP contribution in [0.3, 0.4) is 0 Å². The molecule has 0 spiro atoms. The van der Waals surface area contributed by atoms with E-state index >= 15 is 0 Å². The van der Waals surface area contributed by atoms with Crippen molar-refractivity contribution in [3.63, 3.8) is 0 Å². The van der Waals surface area contributed by atoms with Gasteiger partial charge in [0, 0.05) is 22.7 Å². The second-order valence-corrected chi connectivity index (χ2v) is 5.01. The number of nitro benzene ring substituents is 1. The highest BCUT2D eigenvalue weighted by molar-refractivity contribution is 6.30. The molecule has 3 N–H and O–H groups in total. The normalized spacial score (nSPS) is 18.6. The van der Waals surface area contributed by atoms with Gasteiger partial charge in [-0.25, -0.2) is 0 Å². The third-order valence-electron chi connectivity index (χ3n) is 3.44. The fourth-order valence-electron chi connectivity index (χ4n) is 2.42. The highest BCUT2D eigenvalue weighted by atomic mass is 35.5. The van der Waals surface area contributed by atoms with Crippen LogP contribution in [0, 0.1) is 16.0 Å². The lowest BCUT2D eigenvalue weighted by atomic mass is 9.86. The zero-order valence-electron chi connectivity index (χ0n) is 9.93. The molecule has 0 saturated carbocycles. The maximum absolute atomic E-state index is 11.0. The minimum absolute atomic E-state index is 0.0606. The van der Waals surface area contributed by atoms with Crippen molar-refractivity contribution in [3.8, 4) is 0 Å². The van der Waals surface area contributed by atoms with Crippen molar-refractivity contribution < 1.29 is 4.92 Å². The van der Waals surface area contributed by atoms with Gasteiger partial charge >= 0.3 is 0 Å². The number of nitrogens with one attached hydrogen (secondary N) is 1. The summed E-state index contributed by atoms with van der Waals surface area (Å²) < 4.78 is 0. The molecule has 1 heterocycles. The third-order valence-corrected chi connectivity index (χ3v) is 3.67. The number of rotatable bonds is 3. The van der Waals surface area contributed by atoms with E-state index in [2.05, 4.69) is 5.32 Å². The average Bonchev–Trinajstić information content (AvgIpc) is 2.38. The molecule has 1 aromatic rings. The predicted octanol–water partition coefficient (Wildman–Crippen LogP) is 2.25. The Morgan fingerprint density at radius 3 is 2.72 bits per heavy atom. The molecule has 0 aromatic heterocycles. The summed E-state index contributed by atoms with van der Waals surface area (Å²) in [7, 11) is 0. The van der Waals surface area contributed by atoms with Gasteiger partial charge in [-0.15, -0.1) is 0 Å². The first-order valence-corrected chi connectivity index (χ1v) is 6.37. The average molecular weight is 270 g/mol. The number of hydrogen-bond acceptors (Lipinski definition) is 4. The van der Waals surface area contributed by atoms with E-state index in [4.69, 9.17) is 17.3 Å². The Bertz CT molecular complexity index is 447. The maximum atomic E-state index is 11.0. The summed E-state index contributed by atoms with van der Waals surface area (Å²) in [5.74, 6) is 0.267. The fourth-order valence-corrected chi connectivity index (χ4v) is 2.60. The van der Waals surface area contributed by atoms with Crippen molar-refractivity contribution >= 4 is 17.3 Å². The fraction of sp³-hybridized carbons (Fsp3) is 0.500. The molecule has 0 aliphatic carbocycles. The number of halogens is 1. The van der Waals surface area contributed by atoms with E-state index in [1.807, 2.05) is 0 Å². The number of piperidine rings is 1. The van der Waals surface area contributed by atoms with Crippen molar-refractivity contribution in [2.75, 3.05) is 13.1 Å². The number of hydrogen-bond donors (Lipinski definition) is 2. The van der Waals surface area contributed by atoms with Gasteiger partial charge in [-0.05, 0) is 44.0 Å². The van der Waals surface area contributed by atoms with Crippen molar-refractivity contribution in [3.05, 3.63) is 38.9 Å². The second kappa shape index (κ2) is 5.65. The molecule has 6 heteroatoms. The smallest absolute Gasteiger partial charge is 0.274 e. The summed E-state index contributed by atoms with van der Waals surface area (Å²) in [6, 6.07) is 4.25. The molecule has 1 fully saturated rings. The molecule has 98 valence electrons. The Morgan fingerprint density at radius 1 is 1.44 bits per heavy atom. The largest absolute Gasteiger partial charge is 0.323 e. The van der Waals surface area contributed by atoms with E-state index in [1.54, 1.807) is 6.07 Å². The topological polar surface area (TPSA) is 81.2 Å². The summed E-state index contributed by atoms with van der Waals surface area (Å²) >= 11 is 5.91. The molecular formula is C12H16ClN3O2. The van der Waals surface area contributed by atoms with Gasteiger partial charge in [0.1, 0.15) is 0 Å². The summed E-state index contributed by atoms with van der Waals surface area (Å²) in [5.41, 5.74) is 6.79. The van der Waals surface area contributed by atoms with E-state index in [-0.39, 0.29) is 17.6 Å². The molecule has 0 bridgehead atoms. The monoisotopic (exact) mass is 269 g/mol. The van der Waals surface area contributed by atoms with Crippen molar-refractivity contribution in [1.82, 2.24) is 5.32 Å². The van der Waals surface area contributed by atoms with Crippen molar-refractivity contribution in [2.24, 2.45) is 11.7 Å². The number of nitrogens with zero attached hydrogens (tertiary/aromatic N) is 1. The Kier molecular flexibility index (Phi) is 4.16. The van der Waals surface area contributed by atoms with Crippen LogP contribution in [0.5, 0.6) is 0 Å². The molecule has 0 unspecified atom stereocenters. The van der Waals surface area contributed by atoms with Crippen LogP contribution in [0.4, 0.5) is 5.69 Å². The Labute approximate surface area is 110 Å². The van der Waals surface area contributed by atoms with E-state index in [1.165, 1.54) is 12.1 Å². The van der Waals surface area contributed by atoms with E-state index in [0.29, 0.717) is 10.6 Å². The van der Waals surface area contributed by atoms with Crippen LogP contribution in [-0.4, -0.2) is 18.0 Å². The van der Waals surface area contributed by atoms with Crippen LogP contribution in [0.25, 0.3) is 0 Å². The van der Waals surface area contributed by atoms with Gasteiger partial charge in [-0.1, -0.05) is 11.6 Å².